The summed E-state index contributed by atoms with van der Waals surface area (Å²) in [6.07, 6.45) is 4.11. The van der Waals surface area contributed by atoms with E-state index in [1.54, 1.807) is 0 Å². The van der Waals surface area contributed by atoms with Crippen LogP contribution in [0.25, 0.3) is 0 Å². The number of carbonyl (C=O) groups is 1. The van der Waals surface area contributed by atoms with Crippen LogP contribution < -0.4 is 0 Å². The number of carbonyl (C=O) groups excluding carboxylic acids is 1. The summed E-state index contributed by atoms with van der Waals surface area (Å²) >= 11 is 0. The molecule has 0 bridgehead atoms. The van der Waals surface area contributed by atoms with E-state index in [9.17, 15) is 4.79 Å². The van der Waals surface area contributed by atoms with Crippen LogP contribution in [0.1, 0.15) is 53.9 Å². The van der Waals surface area contributed by atoms with Gasteiger partial charge in [0.1, 0.15) is 0 Å². The Morgan fingerprint density at radius 3 is 1.92 bits per heavy atom. The van der Waals surface area contributed by atoms with Crippen molar-refractivity contribution in [2.45, 2.75) is 53.9 Å². The van der Waals surface area contributed by atoms with Crippen LogP contribution in [0.4, 0.5) is 0 Å². The number of hydrogen-bond acceptors (Lipinski definition) is 3. The average molecular weight is 352 g/mol. The maximum atomic E-state index is 12.6. The van der Waals surface area contributed by atoms with Gasteiger partial charge in [-0.05, 0) is 49.6 Å². The minimum absolute atomic E-state index is 0.333. The van der Waals surface area contributed by atoms with Crippen LogP contribution in [0.5, 0.6) is 0 Å². The molecule has 2 fully saturated rings. The fourth-order valence-corrected chi connectivity index (χ4v) is 3.98. The summed E-state index contributed by atoms with van der Waals surface area (Å²) in [6.45, 7) is 19.8. The quantitative estimate of drug-likeness (QED) is 0.672. The Labute approximate surface area is 155 Å². The summed E-state index contributed by atoms with van der Waals surface area (Å²) in [5.41, 5.74) is 0. The van der Waals surface area contributed by atoms with Gasteiger partial charge in [-0.25, -0.2) is 0 Å². The van der Waals surface area contributed by atoms with Crippen molar-refractivity contribution in [3.63, 3.8) is 0 Å². The van der Waals surface area contributed by atoms with E-state index < -0.39 is 0 Å². The molecule has 4 nitrogen and oxygen atoms in total. The number of hydrogen-bond donors (Lipinski definition) is 0. The maximum Gasteiger partial charge on any atom is 0.236 e. The van der Waals surface area contributed by atoms with E-state index in [1.165, 1.54) is 38.9 Å². The predicted molar refractivity (Wildman–Crippen MR) is 106 cm³/mol. The van der Waals surface area contributed by atoms with Crippen molar-refractivity contribution in [1.82, 2.24) is 14.7 Å². The second kappa shape index (κ2) is 9.91. The smallest absolute Gasteiger partial charge is 0.236 e. The standard InChI is InChI=1S/C21H41N3O/c1-17(2)18(3)13-23-11-12-24(21(25)16-23)15-20(5)19(4)14-22-9-7-6-8-10-22/h17-20H,6-16H2,1-5H3. The molecule has 0 aliphatic carbocycles. The Hall–Kier alpha value is -0.610. The minimum atomic E-state index is 0.333. The summed E-state index contributed by atoms with van der Waals surface area (Å²) in [7, 11) is 0. The Balaban J connectivity index is 1.73. The van der Waals surface area contributed by atoms with Crippen LogP contribution in [0.15, 0.2) is 0 Å². The molecule has 0 radical (unpaired) electrons. The van der Waals surface area contributed by atoms with Crippen molar-refractivity contribution < 1.29 is 4.79 Å². The first-order valence-electron chi connectivity index (χ1n) is 10.6. The van der Waals surface area contributed by atoms with Gasteiger partial charge in [0.25, 0.3) is 0 Å². The first-order valence-corrected chi connectivity index (χ1v) is 10.6. The highest BCUT2D eigenvalue weighted by Crippen LogP contribution is 2.19. The van der Waals surface area contributed by atoms with Gasteiger partial charge in [0, 0.05) is 32.7 Å². The summed E-state index contributed by atoms with van der Waals surface area (Å²) in [5, 5.41) is 0. The van der Waals surface area contributed by atoms with Gasteiger partial charge in [-0.3, -0.25) is 9.69 Å². The molecule has 0 aromatic rings. The van der Waals surface area contributed by atoms with Crippen molar-refractivity contribution in [3.8, 4) is 0 Å². The third-order valence-corrected chi connectivity index (χ3v) is 6.56. The number of piperazine rings is 1. The van der Waals surface area contributed by atoms with Crippen molar-refractivity contribution in [1.29, 1.82) is 0 Å². The molecule has 0 aromatic heterocycles. The fraction of sp³-hybridized carbons (Fsp3) is 0.952. The molecule has 2 rings (SSSR count). The third-order valence-electron chi connectivity index (χ3n) is 6.56. The lowest BCUT2D eigenvalue weighted by Gasteiger charge is -2.38. The molecule has 1 amide bonds. The molecule has 3 unspecified atom stereocenters. The van der Waals surface area contributed by atoms with Gasteiger partial charge in [0.05, 0.1) is 6.54 Å². The normalized spacial score (nSPS) is 24.6. The van der Waals surface area contributed by atoms with Crippen molar-refractivity contribution in [2.24, 2.45) is 23.7 Å². The lowest BCUT2D eigenvalue weighted by atomic mass is 9.93. The number of amides is 1. The molecule has 2 heterocycles. The zero-order valence-electron chi connectivity index (χ0n) is 17.3. The van der Waals surface area contributed by atoms with Crippen molar-refractivity contribution in [3.05, 3.63) is 0 Å². The lowest BCUT2D eigenvalue weighted by Crippen LogP contribution is -2.53. The summed E-state index contributed by atoms with van der Waals surface area (Å²) in [5.74, 6) is 2.91. The Morgan fingerprint density at radius 2 is 1.32 bits per heavy atom. The van der Waals surface area contributed by atoms with Gasteiger partial charge in [-0.2, -0.15) is 0 Å². The van der Waals surface area contributed by atoms with Crippen molar-refractivity contribution >= 4 is 5.91 Å². The largest absolute Gasteiger partial charge is 0.340 e. The van der Waals surface area contributed by atoms with Crippen LogP contribution >= 0.6 is 0 Å². The van der Waals surface area contributed by atoms with Crippen LogP contribution in [-0.4, -0.2) is 73.0 Å². The Morgan fingerprint density at radius 1 is 0.720 bits per heavy atom. The number of likely N-dealkylation sites (tertiary alicyclic amines) is 1. The van der Waals surface area contributed by atoms with Gasteiger partial charge in [-0.15, -0.1) is 0 Å². The monoisotopic (exact) mass is 351 g/mol. The number of piperidine rings is 1. The van der Waals surface area contributed by atoms with Gasteiger partial charge in [0.15, 0.2) is 0 Å². The zero-order valence-corrected chi connectivity index (χ0v) is 17.3. The first kappa shape index (κ1) is 20.7. The molecule has 0 aromatic carbocycles. The fourth-order valence-electron chi connectivity index (χ4n) is 3.98. The third kappa shape index (κ3) is 6.56. The SMILES string of the molecule is CC(C)C(C)CN1CCN(CC(C)C(C)CN2CCCCC2)C(=O)C1. The van der Waals surface area contributed by atoms with Crippen LogP contribution in [0.2, 0.25) is 0 Å². The summed E-state index contributed by atoms with van der Waals surface area (Å²) in [6, 6.07) is 0. The van der Waals surface area contributed by atoms with E-state index in [2.05, 4.69) is 49.3 Å². The molecule has 146 valence electrons. The van der Waals surface area contributed by atoms with E-state index >= 15 is 0 Å². The number of rotatable bonds is 8. The summed E-state index contributed by atoms with van der Waals surface area (Å²) < 4.78 is 0. The second-order valence-electron chi connectivity index (χ2n) is 9.11. The Bertz CT molecular complexity index is 406. The van der Waals surface area contributed by atoms with E-state index in [-0.39, 0.29) is 0 Å². The topological polar surface area (TPSA) is 26.8 Å². The van der Waals surface area contributed by atoms with Crippen molar-refractivity contribution in [2.75, 3.05) is 52.4 Å². The predicted octanol–water partition coefficient (Wildman–Crippen LogP) is 3.18. The lowest BCUT2D eigenvalue weighted by molar-refractivity contribution is -0.137. The molecule has 0 N–H and O–H groups in total. The van der Waals surface area contributed by atoms with E-state index in [0.29, 0.717) is 36.1 Å². The maximum absolute atomic E-state index is 12.6. The Kier molecular flexibility index (Phi) is 8.21. The first-order chi connectivity index (χ1) is 11.9. The molecule has 2 aliphatic rings. The van der Waals surface area contributed by atoms with Gasteiger partial charge >= 0.3 is 0 Å². The second-order valence-corrected chi connectivity index (χ2v) is 9.11. The van der Waals surface area contributed by atoms with Crippen LogP contribution in [0.3, 0.4) is 0 Å². The molecule has 0 spiro atoms. The van der Waals surface area contributed by atoms with Gasteiger partial charge < -0.3 is 9.80 Å². The van der Waals surface area contributed by atoms with Crippen LogP contribution in [0, 0.1) is 23.7 Å². The van der Waals surface area contributed by atoms with E-state index in [1.807, 2.05) is 0 Å². The average Bonchev–Trinajstić information content (AvgIpc) is 2.58. The highest BCUT2D eigenvalue weighted by atomic mass is 16.2. The zero-order chi connectivity index (χ0) is 18.4. The molecule has 2 aliphatic heterocycles. The van der Waals surface area contributed by atoms with Crippen LogP contribution in [-0.2, 0) is 4.79 Å². The molecular weight excluding hydrogens is 310 g/mol. The molecule has 0 saturated carbocycles. The highest BCUT2D eigenvalue weighted by molar-refractivity contribution is 5.79. The van der Waals surface area contributed by atoms with E-state index in [4.69, 9.17) is 0 Å². The van der Waals surface area contributed by atoms with E-state index in [0.717, 1.165) is 26.2 Å². The minimum Gasteiger partial charge on any atom is -0.340 e. The molecule has 2 saturated heterocycles. The van der Waals surface area contributed by atoms with Gasteiger partial charge in [-0.1, -0.05) is 41.0 Å². The molecule has 4 heteroatoms. The molecular formula is C21H41N3O. The highest BCUT2D eigenvalue weighted by Gasteiger charge is 2.28. The summed E-state index contributed by atoms with van der Waals surface area (Å²) in [4.78, 5) is 19.7. The number of nitrogens with zero attached hydrogens (tertiary/aromatic N) is 3. The molecule has 3 atom stereocenters. The molecule has 25 heavy (non-hydrogen) atoms. The van der Waals surface area contributed by atoms with Gasteiger partial charge in [0.2, 0.25) is 5.91 Å².